The summed E-state index contributed by atoms with van der Waals surface area (Å²) in [6.07, 6.45) is 1.59. The topological polar surface area (TPSA) is 51.2 Å². The fraction of sp³-hybridized carbons (Fsp3) is 0.0769. The molecule has 1 heterocycles. The highest BCUT2D eigenvalue weighted by Gasteiger charge is 2.13. The van der Waals surface area contributed by atoms with Crippen LogP contribution in [0.3, 0.4) is 0 Å². The number of carbonyl (C=O) groups is 1. The Morgan fingerprint density at radius 2 is 2.21 bits per heavy atom. The van der Waals surface area contributed by atoms with Gasteiger partial charge in [-0.2, -0.15) is 0 Å². The number of hydrogen-bond donors (Lipinski definition) is 1. The van der Waals surface area contributed by atoms with Crippen molar-refractivity contribution in [3.05, 3.63) is 51.6 Å². The van der Waals surface area contributed by atoms with E-state index in [1.807, 2.05) is 0 Å². The fourth-order valence-electron chi connectivity index (χ4n) is 1.51. The molecule has 2 aromatic rings. The van der Waals surface area contributed by atoms with E-state index < -0.39 is 0 Å². The van der Waals surface area contributed by atoms with Crippen LogP contribution >= 0.6 is 27.5 Å². The number of nitrogens with zero attached hydrogens (tertiary/aromatic N) is 1. The Hall–Kier alpha value is -1.59. The summed E-state index contributed by atoms with van der Waals surface area (Å²) in [6.45, 7) is 0. The number of benzene rings is 1. The largest absolute Gasteiger partial charge is 0.480 e. The maximum Gasteiger partial charge on any atom is 0.257 e. The summed E-state index contributed by atoms with van der Waals surface area (Å²) in [7, 11) is 1.49. The third kappa shape index (κ3) is 3.24. The molecule has 0 fully saturated rings. The molecule has 0 atom stereocenters. The number of anilines is 1. The van der Waals surface area contributed by atoms with Crippen molar-refractivity contribution in [1.29, 1.82) is 0 Å². The van der Waals surface area contributed by atoms with Crippen molar-refractivity contribution in [1.82, 2.24) is 4.98 Å². The van der Waals surface area contributed by atoms with Crippen LogP contribution in [0.1, 0.15) is 10.4 Å². The zero-order chi connectivity index (χ0) is 13.8. The minimum absolute atomic E-state index is 0.291. The van der Waals surface area contributed by atoms with Crippen LogP contribution < -0.4 is 10.1 Å². The molecular weight excluding hydrogens is 332 g/mol. The number of pyridine rings is 1. The van der Waals surface area contributed by atoms with Gasteiger partial charge in [0, 0.05) is 15.7 Å². The molecule has 19 heavy (non-hydrogen) atoms. The quantitative estimate of drug-likeness (QED) is 0.925. The third-order valence-electron chi connectivity index (χ3n) is 2.39. The van der Waals surface area contributed by atoms with Crippen LogP contribution in [0.5, 0.6) is 5.88 Å². The molecule has 1 aromatic carbocycles. The Bertz CT molecular complexity index is 619. The van der Waals surface area contributed by atoms with E-state index >= 15 is 0 Å². The third-order valence-corrected chi connectivity index (χ3v) is 3.31. The van der Waals surface area contributed by atoms with Crippen LogP contribution in [0, 0.1) is 0 Å². The van der Waals surface area contributed by atoms with Crippen molar-refractivity contribution in [2.75, 3.05) is 12.4 Å². The molecule has 98 valence electrons. The lowest BCUT2D eigenvalue weighted by Gasteiger charge is -2.09. The molecule has 0 aliphatic carbocycles. The number of aromatic nitrogens is 1. The monoisotopic (exact) mass is 340 g/mol. The van der Waals surface area contributed by atoms with Gasteiger partial charge in [-0.3, -0.25) is 4.79 Å². The molecule has 0 bridgehead atoms. The summed E-state index contributed by atoms with van der Waals surface area (Å²) in [4.78, 5) is 16.2. The Kier molecular flexibility index (Phi) is 4.39. The number of halogens is 2. The Morgan fingerprint density at radius 3 is 2.95 bits per heavy atom. The first-order valence-corrected chi connectivity index (χ1v) is 6.54. The van der Waals surface area contributed by atoms with Crippen molar-refractivity contribution in [3.8, 4) is 5.88 Å². The molecule has 4 nitrogen and oxygen atoms in total. The number of carbonyl (C=O) groups excluding carboxylic acids is 1. The molecule has 0 aliphatic rings. The number of amides is 1. The number of methoxy groups -OCH3 is 1. The lowest BCUT2D eigenvalue weighted by molar-refractivity contribution is 0.102. The molecular formula is C13H10BrClN2O2. The van der Waals surface area contributed by atoms with Gasteiger partial charge in [0.25, 0.3) is 5.91 Å². The molecule has 0 spiro atoms. The Morgan fingerprint density at radius 1 is 1.42 bits per heavy atom. The van der Waals surface area contributed by atoms with E-state index in [1.165, 1.54) is 7.11 Å². The molecule has 0 radical (unpaired) electrons. The van der Waals surface area contributed by atoms with Crippen LogP contribution in [-0.4, -0.2) is 18.0 Å². The average molecular weight is 342 g/mol. The van der Waals surface area contributed by atoms with Crippen LogP contribution in [-0.2, 0) is 0 Å². The standard InChI is InChI=1S/C13H10BrClN2O2/c1-19-13-11(3-2-6-16-13)17-12(18)9-7-8(15)4-5-10(9)14/h2-7H,1H3,(H,17,18). The second-order valence-electron chi connectivity index (χ2n) is 3.64. The van der Waals surface area contributed by atoms with Gasteiger partial charge in [0.05, 0.1) is 12.7 Å². The summed E-state index contributed by atoms with van der Waals surface area (Å²) in [5, 5.41) is 3.22. The van der Waals surface area contributed by atoms with Gasteiger partial charge in [0.2, 0.25) is 5.88 Å². The van der Waals surface area contributed by atoms with Gasteiger partial charge in [0.1, 0.15) is 5.69 Å². The van der Waals surface area contributed by atoms with E-state index in [1.54, 1.807) is 36.5 Å². The average Bonchev–Trinajstić information content (AvgIpc) is 2.42. The lowest BCUT2D eigenvalue weighted by atomic mass is 10.2. The second-order valence-corrected chi connectivity index (χ2v) is 4.93. The Labute approximate surface area is 123 Å². The smallest absolute Gasteiger partial charge is 0.257 e. The van der Waals surface area contributed by atoms with Gasteiger partial charge in [-0.15, -0.1) is 0 Å². The lowest BCUT2D eigenvalue weighted by Crippen LogP contribution is -2.13. The van der Waals surface area contributed by atoms with Crippen molar-refractivity contribution >= 4 is 39.1 Å². The minimum atomic E-state index is -0.291. The first kappa shape index (κ1) is 13.8. The molecule has 2 rings (SSSR count). The summed E-state index contributed by atoms with van der Waals surface area (Å²) in [5.74, 6) is 0.0645. The van der Waals surface area contributed by atoms with Crippen LogP contribution in [0.15, 0.2) is 41.0 Å². The fourth-order valence-corrected chi connectivity index (χ4v) is 2.11. The van der Waals surface area contributed by atoms with Gasteiger partial charge in [-0.05, 0) is 46.3 Å². The molecule has 0 saturated heterocycles. The predicted molar refractivity (Wildman–Crippen MR) is 77.9 cm³/mol. The molecule has 0 unspecified atom stereocenters. The zero-order valence-electron chi connectivity index (χ0n) is 9.98. The van der Waals surface area contributed by atoms with Crippen molar-refractivity contribution in [3.63, 3.8) is 0 Å². The van der Waals surface area contributed by atoms with E-state index in [9.17, 15) is 4.79 Å². The van der Waals surface area contributed by atoms with Crippen molar-refractivity contribution < 1.29 is 9.53 Å². The maximum absolute atomic E-state index is 12.2. The highest BCUT2D eigenvalue weighted by Crippen LogP contribution is 2.24. The van der Waals surface area contributed by atoms with Gasteiger partial charge in [-0.25, -0.2) is 4.98 Å². The zero-order valence-corrected chi connectivity index (χ0v) is 12.3. The van der Waals surface area contributed by atoms with Crippen LogP contribution in [0.2, 0.25) is 5.02 Å². The second kappa shape index (κ2) is 6.04. The molecule has 0 aliphatic heterocycles. The number of ether oxygens (including phenoxy) is 1. The number of nitrogens with one attached hydrogen (secondary N) is 1. The molecule has 1 amide bonds. The maximum atomic E-state index is 12.2. The van der Waals surface area contributed by atoms with E-state index in [0.29, 0.717) is 26.6 Å². The first-order chi connectivity index (χ1) is 9.11. The highest BCUT2D eigenvalue weighted by molar-refractivity contribution is 9.10. The van der Waals surface area contributed by atoms with E-state index in [0.717, 1.165) is 0 Å². The van der Waals surface area contributed by atoms with Gasteiger partial charge in [0.15, 0.2) is 0 Å². The van der Waals surface area contributed by atoms with Crippen molar-refractivity contribution in [2.24, 2.45) is 0 Å². The van der Waals surface area contributed by atoms with E-state index in [-0.39, 0.29) is 5.91 Å². The molecule has 0 saturated carbocycles. The summed E-state index contributed by atoms with van der Waals surface area (Å²) >= 11 is 9.20. The molecule has 1 N–H and O–H groups in total. The van der Waals surface area contributed by atoms with Crippen LogP contribution in [0.25, 0.3) is 0 Å². The molecule has 6 heteroatoms. The van der Waals surface area contributed by atoms with Gasteiger partial charge in [-0.1, -0.05) is 11.6 Å². The normalized spacial score (nSPS) is 10.1. The Balaban J connectivity index is 2.28. The predicted octanol–water partition coefficient (Wildman–Crippen LogP) is 3.76. The van der Waals surface area contributed by atoms with Crippen LogP contribution in [0.4, 0.5) is 5.69 Å². The summed E-state index contributed by atoms with van der Waals surface area (Å²) < 4.78 is 5.74. The minimum Gasteiger partial charge on any atom is -0.480 e. The number of hydrogen-bond acceptors (Lipinski definition) is 3. The summed E-state index contributed by atoms with van der Waals surface area (Å²) in [5.41, 5.74) is 0.945. The SMILES string of the molecule is COc1ncccc1NC(=O)c1cc(Cl)ccc1Br. The number of rotatable bonds is 3. The van der Waals surface area contributed by atoms with E-state index in [2.05, 4.69) is 26.2 Å². The van der Waals surface area contributed by atoms with Gasteiger partial charge < -0.3 is 10.1 Å². The van der Waals surface area contributed by atoms with Crippen molar-refractivity contribution in [2.45, 2.75) is 0 Å². The summed E-state index contributed by atoms with van der Waals surface area (Å²) in [6, 6.07) is 8.43. The molecule has 1 aromatic heterocycles. The van der Waals surface area contributed by atoms with Gasteiger partial charge >= 0.3 is 0 Å². The first-order valence-electron chi connectivity index (χ1n) is 5.37. The highest BCUT2D eigenvalue weighted by atomic mass is 79.9. The van der Waals surface area contributed by atoms with E-state index in [4.69, 9.17) is 16.3 Å².